The molecule has 1 amide bonds. The first kappa shape index (κ1) is 13.2. The minimum atomic E-state index is -0.822. The molecule has 20 heavy (non-hydrogen) atoms. The minimum absolute atomic E-state index is 0.0325. The molecule has 1 N–H and O–H groups in total. The number of hydrogen-bond donors (Lipinski definition) is 1. The first-order valence-corrected chi connectivity index (χ1v) is 7.21. The Bertz CT molecular complexity index is 510. The van der Waals surface area contributed by atoms with Gasteiger partial charge in [-0.25, -0.2) is 0 Å². The number of esters is 1. The molecular weight excluding hydrogens is 254 g/mol. The third-order valence-corrected chi connectivity index (χ3v) is 3.91. The van der Waals surface area contributed by atoms with Crippen molar-refractivity contribution in [3.8, 4) is 0 Å². The number of hydrogen-bond acceptors (Lipinski definition) is 3. The molecule has 0 aliphatic heterocycles. The fraction of sp³-hybridized carbons (Fsp3) is 0.500. The Morgan fingerprint density at radius 2 is 1.90 bits per heavy atom. The number of amides is 1. The predicted molar refractivity (Wildman–Crippen MR) is 73.7 cm³/mol. The van der Waals surface area contributed by atoms with E-state index in [1.165, 1.54) is 0 Å². The summed E-state index contributed by atoms with van der Waals surface area (Å²) in [4.78, 5) is 24.3. The van der Waals surface area contributed by atoms with Gasteiger partial charge in [-0.3, -0.25) is 9.59 Å². The monoisotopic (exact) mass is 273 g/mol. The fourth-order valence-corrected chi connectivity index (χ4v) is 2.26. The molecule has 3 rings (SSSR count). The molecule has 0 unspecified atom stereocenters. The molecule has 0 saturated heterocycles. The van der Waals surface area contributed by atoms with E-state index >= 15 is 0 Å². The lowest BCUT2D eigenvalue weighted by Gasteiger charge is -2.18. The van der Waals surface area contributed by atoms with E-state index in [4.69, 9.17) is 4.74 Å². The highest BCUT2D eigenvalue weighted by atomic mass is 16.5. The second-order valence-electron chi connectivity index (χ2n) is 5.83. The maximum Gasteiger partial charge on any atom is 0.310 e. The first-order valence-electron chi connectivity index (χ1n) is 7.21. The molecule has 0 spiro atoms. The summed E-state index contributed by atoms with van der Waals surface area (Å²) in [6, 6.07) is 9.47. The van der Waals surface area contributed by atoms with E-state index < -0.39 is 6.10 Å². The summed E-state index contributed by atoms with van der Waals surface area (Å²) in [7, 11) is 0. The van der Waals surface area contributed by atoms with Crippen molar-refractivity contribution in [2.45, 2.75) is 38.3 Å². The maximum absolute atomic E-state index is 12.3. The largest absolute Gasteiger partial charge is 0.447 e. The van der Waals surface area contributed by atoms with Crippen molar-refractivity contribution in [2.75, 3.05) is 0 Å². The molecule has 106 valence electrons. The number of nitrogens with one attached hydrogen (secondary N) is 1. The van der Waals surface area contributed by atoms with Crippen LogP contribution in [0.5, 0.6) is 0 Å². The highest BCUT2D eigenvalue weighted by Crippen LogP contribution is 2.39. The van der Waals surface area contributed by atoms with Crippen LogP contribution < -0.4 is 5.32 Å². The first-order chi connectivity index (χ1) is 9.65. The second-order valence-corrected chi connectivity index (χ2v) is 5.83. The van der Waals surface area contributed by atoms with Gasteiger partial charge in [0.1, 0.15) is 0 Å². The molecule has 0 radical (unpaired) electrons. The number of rotatable bonds is 5. The third-order valence-electron chi connectivity index (χ3n) is 3.91. The molecule has 2 aliphatic carbocycles. The van der Waals surface area contributed by atoms with Gasteiger partial charge < -0.3 is 10.1 Å². The molecule has 2 saturated carbocycles. The van der Waals surface area contributed by atoms with Gasteiger partial charge in [0, 0.05) is 11.6 Å². The zero-order chi connectivity index (χ0) is 14.1. The van der Waals surface area contributed by atoms with E-state index in [1.807, 2.05) is 37.3 Å². The molecule has 2 fully saturated rings. The number of carbonyl (C=O) groups is 2. The minimum Gasteiger partial charge on any atom is -0.447 e. The lowest BCUT2D eigenvalue weighted by atomic mass is 10.1. The van der Waals surface area contributed by atoms with Crippen LogP contribution in [0.2, 0.25) is 0 Å². The van der Waals surface area contributed by atoms with Crippen molar-refractivity contribution in [3.05, 3.63) is 35.9 Å². The van der Waals surface area contributed by atoms with E-state index in [2.05, 4.69) is 5.32 Å². The molecule has 0 aromatic heterocycles. The highest BCUT2D eigenvalue weighted by Gasteiger charge is 2.42. The van der Waals surface area contributed by atoms with Gasteiger partial charge in [-0.15, -0.1) is 0 Å². The second kappa shape index (κ2) is 5.27. The summed E-state index contributed by atoms with van der Waals surface area (Å²) in [6.07, 6.45) is 2.07. The van der Waals surface area contributed by atoms with E-state index in [0.29, 0.717) is 5.92 Å². The van der Waals surface area contributed by atoms with Crippen LogP contribution in [0.25, 0.3) is 0 Å². The average molecular weight is 273 g/mol. The van der Waals surface area contributed by atoms with E-state index in [1.54, 1.807) is 0 Å². The zero-order valence-electron chi connectivity index (χ0n) is 11.5. The molecule has 1 aromatic carbocycles. The summed E-state index contributed by atoms with van der Waals surface area (Å²) in [5, 5.41) is 2.91. The average Bonchev–Trinajstić information content (AvgIpc) is 3.35. The van der Waals surface area contributed by atoms with Gasteiger partial charge >= 0.3 is 5.97 Å². The van der Waals surface area contributed by atoms with Crippen molar-refractivity contribution < 1.29 is 14.3 Å². The summed E-state index contributed by atoms with van der Waals surface area (Å²) >= 11 is 0. The Balaban J connectivity index is 1.72. The van der Waals surface area contributed by atoms with Gasteiger partial charge in [-0.1, -0.05) is 37.3 Å². The van der Waals surface area contributed by atoms with E-state index in [9.17, 15) is 9.59 Å². The van der Waals surface area contributed by atoms with Crippen molar-refractivity contribution in [2.24, 2.45) is 11.8 Å². The van der Waals surface area contributed by atoms with Gasteiger partial charge in [-0.2, -0.15) is 0 Å². The van der Waals surface area contributed by atoms with Gasteiger partial charge in [0.15, 0.2) is 0 Å². The van der Waals surface area contributed by atoms with Crippen molar-refractivity contribution in [3.63, 3.8) is 0 Å². The summed E-state index contributed by atoms with van der Waals surface area (Å²) in [6.45, 7) is 2.02. The summed E-state index contributed by atoms with van der Waals surface area (Å²) < 4.78 is 5.47. The molecular formula is C16H19NO3. The third kappa shape index (κ3) is 3.00. The Kier molecular flexibility index (Phi) is 3.47. The van der Waals surface area contributed by atoms with Crippen molar-refractivity contribution >= 4 is 11.9 Å². The maximum atomic E-state index is 12.3. The van der Waals surface area contributed by atoms with Crippen LogP contribution in [-0.4, -0.2) is 17.9 Å². The van der Waals surface area contributed by atoms with Gasteiger partial charge in [0.05, 0.1) is 5.92 Å². The number of benzene rings is 1. The topological polar surface area (TPSA) is 55.4 Å². The van der Waals surface area contributed by atoms with Crippen LogP contribution in [0.3, 0.4) is 0 Å². The zero-order valence-corrected chi connectivity index (χ0v) is 11.5. The lowest BCUT2D eigenvalue weighted by molar-refractivity contribution is -0.158. The van der Waals surface area contributed by atoms with Crippen LogP contribution in [0.4, 0.5) is 0 Å². The van der Waals surface area contributed by atoms with Crippen LogP contribution >= 0.6 is 0 Å². The van der Waals surface area contributed by atoms with E-state index in [-0.39, 0.29) is 23.8 Å². The highest BCUT2D eigenvalue weighted by molar-refractivity contribution is 5.86. The summed E-state index contributed by atoms with van der Waals surface area (Å²) in [5.41, 5.74) is 0.729. The van der Waals surface area contributed by atoms with Crippen molar-refractivity contribution in [1.82, 2.24) is 5.32 Å². The van der Waals surface area contributed by atoms with Crippen LogP contribution in [0.1, 0.15) is 37.9 Å². The summed E-state index contributed by atoms with van der Waals surface area (Å²) in [5.74, 6) is -0.113. The van der Waals surface area contributed by atoms with Crippen molar-refractivity contribution in [1.29, 1.82) is 0 Å². The Morgan fingerprint density at radius 1 is 1.25 bits per heavy atom. The lowest BCUT2D eigenvalue weighted by Crippen LogP contribution is -2.33. The molecule has 4 nitrogen and oxygen atoms in total. The van der Waals surface area contributed by atoms with Gasteiger partial charge in [-0.05, 0) is 25.2 Å². The van der Waals surface area contributed by atoms with Gasteiger partial charge in [0.2, 0.25) is 6.10 Å². The fourth-order valence-electron chi connectivity index (χ4n) is 2.26. The SMILES string of the molecule is C[C@H]1C[C@@H]1C(=O)O[C@H](C(=O)NC1CC1)c1ccccc1. The van der Waals surface area contributed by atoms with Crippen LogP contribution in [0.15, 0.2) is 30.3 Å². The normalized spacial score (nSPS) is 25.6. The molecule has 4 heteroatoms. The molecule has 0 bridgehead atoms. The standard InChI is InChI=1S/C16H19NO3/c1-10-9-13(10)16(19)20-14(11-5-3-2-4-6-11)15(18)17-12-7-8-12/h2-6,10,12-14H,7-9H2,1H3,(H,17,18)/t10-,13-,14-/m0/s1. The van der Waals surface area contributed by atoms with Crippen LogP contribution in [-0.2, 0) is 14.3 Å². The molecule has 2 aliphatic rings. The number of carbonyl (C=O) groups excluding carboxylic acids is 2. The van der Waals surface area contributed by atoms with Crippen LogP contribution in [0, 0.1) is 11.8 Å². The Morgan fingerprint density at radius 3 is 2.45 bits per heavy atom. The Labute approximate surface area is 118 Å². The predicted octanol–water partition coefficient (Wildman–Crippen LogP) is 2.21. The number of ether oxygens (including phenoxy) is 1. The smallest absolute Gasteiger partial charge is 0.310 e. The Hall–Kier alpha value is -1.84. The molecule has 0 heterocycles. The quantitative estimate of drug-likeness (QED) is 0.837. The van der Waals surface area contributed by atoms with E-state index in [0.717, 1.165) is 24.8 Å². The molecule has 1 aromatic rings. The van der Waals surface area contributed by atoms with Gasteiger partial charge in [0.25, 0.3) is 5.91 Å². The molecule has 3 atom stereocenters.